The molecule has 0 aliphatic carbocycles. The van der Waals surface area contributed by atoms with Crippen molar-refractivity contribution in [2.45, 2.75) is 12.3 Å². The molecule has 0 aromatic carbocycles. The summed E-state index contributed by atoms with van der Waals surface area (Å²) in [5.74, 6) is -4.08. The zero-order valence-corrected chi connectivity index (χ0v) is 5.08. The molecular formula is C3H3AgF4. The van der Waals surface area contributed by atoms with E-state index >= 15 is 0 Å². The second-order valence-electron chi connectivity index (χ2n) is 1.06. The Hall–Kier alpha value is 0.460. The topological polar surface area (TPSA) is 0 Å². The Kier molecular flexibility index (Phi) is 4.91. The van der Waals surface area contributed by atoms with Crippen molar-refractivity contribution in [2.75, 3.05) is 0 Å². The monoisotopic (exact) mass is 222 g/mol. The summed E-state index contributed by atoms with van der Waals surface area (Å²) in [6, 6.07) is 0. The van der Waals surface area contributed by atoms with Crippen LogP contribution in [-0.4, -0.2) is 12.3 Å². The van der Waals surface area contributed by atoms with Crippen LogP contribution in [0.15, 0.2) is 0 Å². The van der Waals surface area contributed by atoms with Crippen molar-refractivity contribution in [3.05, 3.63) is 6.92 Å². The fourth-order valence-corrected chi connectivity index (χ4v) is 0. The quantitative estimate of drug-likeness (QED) is 0.360. The first-order chi connectivity index (χ1) is 2.94. The normalized spacial score (nSPS) is 11.2. The van der Waals surface area contributed by atoms with Gasteiger partial charge in [-0.05, 0) is 0 Å². The summed E-state index contributed by atoms with van der Waals surface area (Å²) in [7, 11) is 0. The van der Waals surface area contributed by atoms with E-state index in [0.29, 0.717) is 0 Å². The molecule has 0 aliphatic heterocycles. The molecule has 0 saturated carbocycles. The fourth-order valence-electron chi connectivity index (χ4n) is 0. The Bertz CT molecular complexity index is 56.8. The molecule has 0 aromatic heterocycles. The molecule has 0 amide bonds. The van der Waals surface area contributed by atoms with Crippen molar-refractivity contribution in [3.63, 3.8) is 0 Å². The summed E-state index contributed by atoms with van der Waals surface area (Å²) in [5, 5.41) is 0. The van der Waals surface area contributed by atoms with Crippen LogP contribution in [0.5, 0.6) is 0 Å². The van der Waals surface area contributed by atoms with Crippen LogP contribution in [-0.2, 0) is 22.4 Å². The molecule has 0 fully saturated rings. The summed E-state index contributed by atoms with van der Waals surface area (Å²) in [4.78, 5) is 0. The summed E-state index contributed by atoms with van der Waals surface area (Å²) in [6.07, 6.45) is -3.65. The molecule has 0 nitrogen and oxygen atoms in total. The molecule has 0 aliphatic rings. The van der Waals surface area contributed by atoms with Crippen LogP contribution in [0.25, 0.3) is 0 Å². The van der Waals surface area contributed by atoms with E-state index in [9.17, 15) is 17.6 Å². The zero-order valence-electron chi connectivity index (χ0n) is 3.60. The number of hydrogen-bond acceptors (Lipinski definition) is 0. The molecule has 0 aromatic rings. The summed E-state index contributed by atoms with van der Waals surface area (Å²) >= 11 is 0. The van der Waals surface area contributed by atoms with Gasteiger partial charge in [0.1, 0.15) is 0 Å². The van der Waals surface area contributed by atoms with Crippen LogP contribution in [0.3, 0.4) is 0 Å². The predicted molar refractivity (Wildman–Crippen MR) is 16.3 cm³/mol. The molecule has 0 atom stereocenters. The zero-order chi connectivity index (χ0) is 6.08. The van der Waals surface area contributed by atoms with Gasteiger partial charge in [0.15, 0.2) is 5.92 Å². The van der Waals surface area contributed by atoms with Crippen LogP contribution in [0.1, 0.15) is 0 Å². The molecule has 0 spiro atoms. The maximum atomic E-state index is 11.0. The van der Waals surface area contributed by atoms with Gasteiger partial charge in [0, 0.05) is 0 Å². The Balaban J connectivity index is 0. The van der Waals surface area contributed by atoms with Crippen molar-refractivity contribution >= 4 is 0 Å². The van der Waals surface area contributed by atoms with Gasteiger partial charge in [0.05, 0.1) is 0 Å². The predicted octanol–water partition coefficient (Wildman–Crippen LogP) is 1.72. The van der Waals surface area contributed by atoms with Gasteiger partial charge in [-0.15, -0.1) is 0 Å². The number of alkyl halides is 4. The second kappa shape index (κ2) is 3.48. The third-order valence-corrected chi connectivity index (χ3v) is 0.319. The van der Waals surface area contributed by atoms with E-state index < -0.39 is 12.3 Å². The molecule has 0 heterocycles. The van der Waals surface area contributed by atoms with Gasteiger partial charge in [-0.2, -0.15) is 0 Å². The molecule has 0 saturated heterocycles. The van der Waals surface area contributed by atoms with Gasteiger partial charge in [0.25, 0.3) is 6.43 Å². The summed E-state index contributed by atoms with van der Waals surface area (Å²) in [6.45, 7) is 1.89. The first-order valence-electron chi connectivity index (χ1n) is 1.46. The van der Waals surface area contributed by atoms with Gasteiger partial charge in [-0.3, -0.25) is 6.92 Å². The Labute approximate surface area is 59.8 Å². The molecule has 0 N–H and O–H groups in total. The molecule has 0 bridgehead atoms. The van der Waals surface area contributed by atoms with E-state index in [0.717, 1.165) is 0 Å². The third-order valence-electron chi connectivity index (χ3n) is 0.319. The average Bonchev–Trinajstić information content (AvgIpc) is 1.31. The second-order valence-corrected chi connectivity index (χ2v) is 1.06. The Morgan fingerprint density at radius 1 is 1.25 bits per heavy atom. The van der Waals surface area contributed by atoms with Crippen LogP contribution >= 0.6 is 0 Å². The molecule has 0 unspecified atom stereocenters. The van der Waals surface area contributed by atoms with Crippen LogP contribution in [0, 0.1) is 6.92 Å². The summed E-state index contributed by atoms with van der Waals surface area (Å²) in [5.41, 5.74) is 0. The van der Waals surface area contributed by atoms with Crippen molar-refractivity contribution in [2.24, 2.45) is 0 Å². The molecule has 54 valence electrons. The van der Waals surface area contributed by atoms with Crippen LogP contribution in [0.2, 0.25) is 0 Å². The minimum Gasteiger partial charge on any atom is -0.268 e. The van der Waals surface area contributed by atoms with Crippen molar-refractivity contribution in [1.82, 2.24) is 0 Å². The van der Waals surface area contributed by atoms with Gasteiger partial charge in [-0.1, -0.05) is 0 Å². The van der Waals surface area contributed by atoms with E-state index in [4.69, 9.17) is 0 Å². The Morgan fingerprint density at radius 2 is 1.38 bits per heavy atom. The van der Waals surface area contributed by atoms with Crippen LogP contribution < -0.4 is 0 Å². The van der Waals surface area contributed by atoms with E-state index in [1.807, 2.05) is 6.92 Å². The van der Waals surface area contributed by atoms with Crippen molar-refractivity contribution in [3.8, 4) is 0 Å². The molecule has 8 heavy (non-hydrogen) atoms. The molecule has 0 radical (unpaired) electrons. The largest absolute Gasteiger partial charge is 1.00 e. The number of rotatable bonds is 1. The molecular weight excluding hydrogens is 220 g/mol. The maximum Gasteiger partial charge on any atom is 1.00 e. The van der Waals surface area contributed by atoms with E-state index in [1.165, 1.54) is 0 Å². The third kappa shape index (κ3) is 4.62. The van der Waals surface area contributed by atoms with E-state index in [-0.39, 0.29) is 22.4 Å². The minimum atomic E-state index is -4.08. The molecule has 0 rings (SSSR count). The van der Waals surface area contributed by atoms with E-state index in [2.05, 4.69) is 0 Å². The van der Waals surface area contributed by atoms with E-state index in [1.54, 1.807) is 0 Å². The minimum absolute atomic E-state index is 0. The van der Waals surface area contributed by atoms with Gasteiger partial charge < -0.3 is 0 Å². The van der Waals surface area contributed by atoms with Gasteiger partial charge in [0.2, 0.25) is 0 Å². The standard InChI is InChI=1S/C3H3F4.Ag/c1-3(6,7)2(4)5;/h2H,1H2;/q-1;+1. The summed E-state index contributed by atoms with van der Waals surface area (Å²) < 4.78 is 43.4. The SMILES string of the molecule is [Ag+].[CH2-]C(F)(F)C(F)F. The van der Waals surface area contributed by atoms with Crippen molar-refractivity contribution in [1.29, 1.82) is 0 Å². The maximum absolute atomic E-state index is 11.0. The van der Waals surface area contributed by atoms with Gasteiger partial charge >= 0.3 is 22.4 Å². The number of halogens is 4. The van der Waals surface area contributed by atoms with Gasteiger partial charge in [-0.25, -0.2) is 17.6 Å². The van der Waals surface area contributed by atoms with Crippen LogP contribution in [0.4, 0.5) is 17.6 Å². The molecule has 5 heteroatoms. The first kappa shape index (κ1) is 11.3. The smallest absolute Gasteiger partial charge is 0.268 e. The fraction of sp³-hybridized carbons (Fsp3) is 0.667. The van der Waals surface area contributed by atoms with Crippen molar-refractivity contribution < 1.29 is 39.9 Å². The Morgan fingerprint density at radius 3 is 1.38 bits per heavy atom. The first-order valence-corrected chi connectivity index (χ1v) is 1.46. The number of hydrogen-bond donors (Lipinski definition) is 0. The average molecular weight is 223 g/mol.